The monoisotopic (exact) mass is 412 g/mol. The molecular formula is C19H22ClO6P. The maximum Gasteiger partial charge on any atom is 0.221 e. The molecule has 1 unspecified atom stereocenters. The second kappa shape index (κ2) is 10.5. The number of carbonyl (C=O) groups is 1. The quantitative estimate of drug-likeness (QED) is 0.436. The molecule has 0 spiro atoms. The van der Waals surface area contributed by atoms with Gasteiger partial charge in [-0.3, -0.25) is 4.79 Å². The molecule has 2 rings (SSSR count). The summed E-state index contributed by atoms with van der Waals surface area (Å²) in [6, 6.07) is 10.3. The number of hydrogen-bond donors (Lipinski definition) is 0. The van der Waals surface area contributed by atoms with Gasteiger partial charge < -0.3 is 23.5 Å². The van der Waals surface area contributed by atoms with Gasteiger partial charge in [-0.15, -0.1) is 0 Å². The summed E-state index contributed by atoms with van der Waals surface area (Å²) < 4.78 is 27.0. The second-order valence-corrected chi connectivity index (χ2v) is 7.42. The van der Waals surface area contributed by atoms with Gasteiger partial charge in [0.2, 0.25) is 5.52 Å². The molecule has 0 radical (unpaired) electrons. The minimum Gasteiger partial charge on any atom is -0.497 e. The first-order valence-corrected chi connectivity index (χ1v) is 9.72. The minimum absolute atomic E-state index is 0.246. The summed E-state index contributed by atoms with van der Waals surface area (Å²) in [5.74, 6) is 1.50. The molecule has 1 atom stereocenters. The average Bonchev–Trinajstić information content (AvgIpc) is 2.70. The van der Waals surface area contributed by atoms with Crippen LogP contribution in [-0.2, 0) is 9.26 Å². The van der Waals surface area contributed by atoms with E-state index in [1.54, 1.807) is 50.6 Å². The molecule has 0 amide bonds. The molecule has 0 heterocycles. The predicted octanol–water partition coefficient (Wildman–Crippen LogP) is 3.89. The topological polar surface area (TPSA) is 63.2 Å². The number of ether oxygens (including phenoxy) is 4. The lowest BCUT2D eigenvalue weighted by molar-refractivity contribution is 0.105. The van der Waals surface area contributed by atoms with Crippen molar-refractivity contribution in [1.29, 1.82) is 0 Å². The summed E-state index contributed by atoms with van der Waals surface area (Å²) in [5.41, 5.74) is 0.00934. The predicted molar refractivity (Wildman–Crippen MR) is 106 cm³/mol. The normalized spacial score (nSPS) is 11.7. The molecule has 2 aromatic carbocycles. The van der Waals surface area contributed by atoms with Crippen LogP contribution in [0, 0.1) is 0 Å². The average molecular weight is 413 g/mol. The Bertz CT molecular complexity index is 783. The van der Waals surface area contributed by atoms with Crippen molar-refractivity contribution < 1.29 is 28.3 Å². The number of halogens is 1. The van der Waals surface area contributed by atoms with E-state index in [1.807, 2.05) is 0 Å². The van der Waals surface area contributed by atoms with Crippen molar-refractivity contribution in [2.45, 2.75) is 0 Å². The zero-order chi connectivity index (χ0) is 19.8. The summed E-state index contributed by atoms with van der Waals surface area (Å²) in [7, 11) is 4.40. The number of hydrogen-bond acceptors (Lipinski definition) is 6. The van der Waals surface area contributed by atoms with E-state index in [2.05, 4.69) is 0 Å². The molecule has 146 valence electrons. The molecule has 0 bridgehead atoms. The highest BCUT2D eigenvalue weighted by molar-refractivity contribution is 7.78. The van der Waals surface area contributed by atoms with Crippen LogP contribution in [0.5, 0.6) is 17.2 Å². The zero-order valence-electron chi connectivity index (χ0n) is 15.7. The highest BCUT2D eigenvalue weighted by Crippen LogP contribution is 2.46. The van der Waals surface area contributed by atoms with Gasteiger partial charge in [-0.2, -0.15) is 0 Å². The van der Waals surface area contributed by atoms with Crippen molar-refractivity contribution in [1.82, 2.24) is 0 Å². The smallest absolute Gasteiger partial charge is 0.221 e. The van der Waals surface area contributed by atoms with Gasteiger partial charge in [0.1, 0.15) is 25.4 Å². The SMILES string of the molecule is COCCOP(C(=O)c1c(Cl)cccc1OC)c1ccc(OC)cc1OC. The van der Waals surface area contributed by atoms with E-state index in [-0.39, 0.29) is 17.7 Å². The molecule has 0 fully saturated rings. The first-order valence-electron chi connectivity index (χ1n) is 8.08. The molecule has 0 aliphatic rings. The van der Waals surface area contributed by atoms with Crippen molar-refractivity contribution in [3.05, 3.63) is 47.0 Å². The molecule has 2 aromatic rings. The molecule has 6 nitrogen and oxygen atoms in total. The summed E-state index contributed by atoms with van der Waals surface area (Å²) in [5, 5.41) is 0.922. The van der Waals surface area contributed by atoms with Crippen LogP contribution >= 0.6 is 19.7 Å². The Morgan fingerprint density at radius 3 is 2.33 bits per heavy atom. The Morgan fingerprint density at radius 1 is 0.963 bits per heavy atom. The van der Waals surface area contributed by atoms with Crippen molar-refractivity contribution in [2.24, 2.45) is 0 Å². The Hall–Kier alpha value is -1.85. The third-order valence-corrected chi connectivity index (χ3v) is 5.86. The zero-order valence-corrected chi connectivity index (χ0v) is 17.3. The molecule has 8 heteroatoms. The van der Waals surface area contributed by atoms with Gasteiger partial charge in [0.15, 0.2) is 0 Å². The second-order valence-electron chi connectivity index (χ2n) is 5.28. The lowest BCUT2D eigenvalue weighted by Gasteiger charge is -2.21. The fraction of sp³-hybridized carbons (Fsp3) is 0.316. The van der Waals surface area contributed by atoms with Gasteiger partial charge in [-0.05, 0) is 24.3 Å². The van der Waals surface area contributed by atoms with Crippen LogP contribution in [0.4, 0.5) is 0 Å². The van der Waals surface area contributed by atoms with Gasteiger partial charge in [0, 0.05) is 13.2 Å². The van der Waals surface area contributed by atoms with E-state index in [1.165, 1.54) is 14.2 Å². The lowest BCUT2D eigenvalue weighted by atomic mass is 10.2. The van der Waals surface area contributed by atoms with Gasteiger partial charge in [-0.1, -0.05) is 17.7 Å². The van der Waals surface area contributed by atoms with Gasteiger partial charge in [0.05, 0.1) is 50.4 Å². The standard InChI is InChI=1S/C19H22ClO6P/c1-22-10-11-26-27(17-9-8-13(23-2)12-16(17)25-4)19(21)18-14(20)6-5-7-15(18)24-3/h5-9,12H,10-11H2,1-4H3. The highest BCUT2D eigenvalue weighted by Gasteiger charge is 2.30. The van der Waals surface area contributed by atoms with Crippen molar-refractivity contribution in [3.8, 4) is 17.2 Å². The van der Waals surface area contributed by atoms with Crippen LogP contribution < -0.4 is 19.5 Å². The van der Waals surface area contributed by atoms with Crippen LogP contribution in [0.1, 0.15) is 10.4 Å². The highest BCUT2D eigenvalue weighted by atomic mass is 35.5. The molecule has 0 saturated heterocycles. The Balaban J connectivity index is 2.51. The number of carbonyl (C=O) groups excluding carboxylic acids is 1. The summed E-state index contributed by atoms with van der Waals surface area (Å²) in [6.45, 7) is 0.597. The van der Waals surface area contributed by atoms with Crippen LogP contribution in [0.2, 0.25) is 5.02 Å². The Kier molecular flexibility index (Phi) is 8.32. The van der Waals surface area contributed by atoms with Crippen LogP contribution in [-0.4, -0.2) is 47.2 Å². The van der Waals surface area contributed by atoms with E-state index >= 15 is 0 Å². The summed E-state index contributed by atoms with van der Waals surface area (Å²) in [6.07, 6.45) is 0. The van der Waals surface area contributed by atoms with Crippen molar-refractivity contribution in [3.63, 3.8) is 0 Å². The number of rotatable bonds is 10. The Morgan fingerprint density at radius 2 is 1.70 bits per heavy atom. The fourth-order valence-electron chi connectivity index (χ4n) is 2.39. The first kappa shape index (κ1) is 21.5. The molecule has 0 saturated carbocycles. The largest absolute Gasteiger partial charge is 0.497 e. The third-order valence-electron chi connectivity index (χ3n) is 3.71. The van der Waals surface area contributed by atoms with E-state index < -0.39 is 8.15 Å². The summed E-state index contributed by atoms with van der Waals surface area (Å²) in [4.78, 5) is 13.4. The van der Waals surface area contributed by atoms with E-state index in [9.17, 15) is 4.79 Å². The molecule has 27 heavy (non-hydrogen) atoms. The molecular weight excluding hydrogens is 391 g/mol. The third kappa shape index (κ3) is 5.11. The van der Waals surface area contributed by atoms with Gasteiger partial charge in [0.25, 0.3) is 0 Å². The van der Waals surface area contributed by atoms with Crippen molar-refractivity contribution in [2.75, 3.05) is 41.7 Å². The Labute approximate surface area is 165 Å². The maximum atomic E-state index is 13.4. The number of methoxy groups -OCH3 is 4. The lowest BCUT2D eigenvalue weighted by Crippen LogP contribution is -2.16. The van der Waals surface area contributed by atoms with Crippen LogP contribution in [0.3, 0.4) is 0 Å². The van der Waals surface area contributed by atoms with Gasteiger partial charge >= 0.3 is 0 Å². The maximum absolute atomic E-state index is 13.4. The number of benzene rings is 2. The summed E-state index contributed by atoms with van der Waals surface area (Å²) >= 11 is 6.30. The van der Waals surface area contributed by atoms with Crippen LogP contribution in [0.25, 0.3) is 0 Å². The minimum atomic E-state index is -1.75. The van der Waals surface area contributed by atoms with E-state index in [4.69, 9.17) is 35.1 Å². The first-order chi connectivity index (χ1) is 13.1. The van der Waals surface area contributed by atoms with Crippen LogP contribution in [0.15, 0.2) is 36.4 Å². The fourth-order valence-corrected chi connectivity index (χ4v) is 4.44. The molecule has 0 aliphatic carbocycles. The van der Waals surface area contributed by atoms with E-state index in [0.29, 0.717) is 34.2 Å². The molecule has 0 N–H and O–H groups in total. The molecule has 0 aromatic heterocycles. The molecule has 0 aliphatic heterocycles. The van der Waals surface area contributed by atoms with Gasteiger partial charge in [-0.25, -0.2) is 0 Å². The van der Waals surface area contributed by atoms with E-state index in [0.717, 1.165) is 0 Å². The van der Waals surface area contributed by atoms with Crippen molar-refractivity contribution >= 4 is 30.6 Å².